The Labute approximate surface area is 245 Å². The standard InChI is InChI=1S/C30H24ClN3O7S/c1-42(39,40)21-4-2-3-17(11-21)12-24(30(37)38)32-28(35)26-22-7-9-33-16-34(15-20(27(22)33)13-23(26)31)29(36)19-6-5-18-8-10-41-25(18)14-19/h2-11,13-14,24H,12,15-16H2,1H3,(H,32,35)(H,37,38)/t24-/m0/s1. The van der Waals surface area contributed by atoms with Crippen molar-refractivity contribution in [2.45, 2.75) is 30.6 Å². The van der Waals surface area contributed by atoms with Crippen molar-refractivity contribution in [2.75, 3.05) is 6.26 Å². The van der Waals surface area contributed by atoms with Crippen LogP contribution in [0.2, 0.25) is 5.02 Å². The number of nitrogens with one attached hydrogen (secondary N) is 1. The van der Waals surface area contributed by atoms with Crippen LogP contribution in [0.25, 0.3) is 21.9 Å². The quantitative estimate of drug-likeness (QED) is 0.279. The van der Waals surface area contributed by atoms with E-state index in [1.165, 1.54) is 18.2 Å². The van der Waals surface area contributed by atoms with Gasteiger partial charge < -0.3 is 24.3 Å². The summed E-state index contributed by atoms with van der Waals surface area (Å²) in [5.74, 6) is -2.15. The largest absolute Gasteiger partial charge is 0.480 e. The summed E-state index contributed by atoms with van der Waals surface area (Å²) in [6.45, 7) is 0.494. The van der Waals surface area contributed by atoms with E-state index in [-0.39, 0.29) is 41.0 Å². The molecule has 0 spiro atoms. The van der Waals surface area contributed by atoms with Gasteiger partial charge in [-0.1, -0.05) is 29.8 Å². The minimum Gasteiger partial charge on any atom is -0.480 e. The van der Waals surface area contributed by atoms with Gasteiger partial charge in [0.05, 0.1) is 33.9 Å². The number of nitrogens with zero attached hydrogens (tertiary/aromatic N) is 2. The summed E-state index contributed by atoms with van der Waals surface area (Å²) in [5, 5.41) is 13.9. The van der Waals surface area contributed by atoms with Gasteiger partial charge in [0.2, 0.25) is 0 Å². The number of sulfone groups is 1. The Morgan fingerprint density at radius 3 is 2.67 bits per heavy atom. The molecule has 0 saturated heterocycles. The van der Waals surface area contributed by atoms with Crippen LogP contribution in [0.1, 0.15) is 31.8 Å². The fraction of sp³-hybridized carbons (Fsp3) is 0.167. The fourth-order valence-electron chi connectivity index (χ4n) is 5.34. The van der Waals surface area contributed by atoms with Gasteiger partial charge >= 0.3 is 5.97 Å². The first-order chi connectivity index (χ1) is 20.0. The van der Waals surface area contributed by atoms with Crippen LogP contribution in [0.15, 0.2) is 82.4 Å². The van der Waals surface area contributed by atoms with Crippen LogP contribution in [0, 0.1) is 0 Å². The fourth-order valence-corrected chi connectivity index (χ4v) is 6.35. The van der Waals surface area contributed by atoms with Crippen molar-refractivity contribution < 1.29 is 32.3 Å². The third kappa shape index (κ3) is 5.01. The van der Waals surface area contributed by atoms with Gasteiger partial charge in [0.1, 0.15) is 11.6 Å². The summed E-state index contributed by atoms with van der Waals surface area (Å²) in [7, 11) is -3.49. The van der Waals surface area contributed by atoms with Gasteiger partial charge in [-0.25, -0.2) is 13.2 Å². The highest BCUT2D eigenvalue weighted by Gasteiger charge is 2.29. The molecule has 2 amide bonds. The van der Waals surface area contributed by atoms with Crippen LogP contribution >= 0.6 is 11.6 Å². The predicted octanol–water partition coefficient (Wildman–Crippen LogP) is 4.48. The molecule has 10 nitrogen and oxygen atoms in total. The first-order valence-electron chi connectivity index (χ1n) is 12.9. The van der Waals surface area contributed by atoms with Crippen LogP contribution < -0.4 is 5.32 Å². The number of aliphatic carboxylic acids is 1. The smallest absolute Gasteiger partial charge is 0.326 e. The van der Waals surface area contributed by atoms with Crippen molar-refractivity contribution in [3.8, 4) is 0 Å². The van der Waals surface area contributed by atoms with E-state index in [9.17, 15) is 27.9 Å². The number of amides is 2. The summed E-state index contributed by atoms with van der Waals surface area (Å²) in [4.78, 5) is 40.6. The average Bonchev–Trinajstić information content (AvgIpc) is 3.59. The molecule has 0 aliphatic carbocycles. The third-order valence-electron chi connectivity index (χ3n) is 7.35. The van der Waals surface area contributed by atoms with E-state index >= 15 is 0 Å². The van der Waals surface area contributed by atoms with Gasteiger partial charge in [0, 0.05) is 41.8 Å². The molecule has 12 heteroatoms. The number of halogens is 1. The van der Waals surface area contributed by atoms with Gasteiger partial charge in [-0.2, -0.15) is 0 Å². The van der Waals surface area contributed by atoms with Gasteiger partial charge in [-0.15, -0.1) is 0 Å². The summed E-state index contributed by atoms with van der Waals surface area (Å²) < 4.78 is 31.1. The van der Waals surface area contributed by atoms with Crippen LogP contribution in [0.4, 0.5) is 0 Å². The number of rotatable bonds is 7. The zero-order valence-corrected chi connectivity index (χ0v) is 23.8. The Balaban J connectivity index is 1.26. The van der Waals surface area contributed by atoms with Crippen LogP contribution in [0.3, 0.4) is 0 Å². The van der Waals surface area contributed by atoms with Crippen molar-refractivity contribution in [3.63, 3.8) is 0 Å². The monoisotopic (exact) mass is 605 g/mol. The SMILES string of the molecule is CS(=O)(=O)c1cccc(C[C@H](NC(=O)c2c(Cl)cc3c4c2ccn4CN(C(=O)c2ccc4ccoc4c2)C3)C(=O)O)c1. The molecule has 42 heavy (non-hydrogen) atoms. The number of carboxylic acid groups (broad SMARTS) is 1. The Morgan fingerprint density at radius 2 is 1.90 bits per heavy atom. The molecule has 214 valence electrons. The molecule has 6 rings (SSSR count). The second kappa shape index (κ2) is 10.3. The molecule has 0 unspecified atom stereocenters. The second-order valence-electron chi connectivity index (χ2n) is 10.2. The molecule has 0 radical (unpaired) electrons. The van der Waals surface area contributed by atoms with E-state index in [1.807, 2.05) is 16.7 Å². The summed E-state index contributed by atoms with van der Waals surface area (Å²) >= 11 is 6.61. The first kappa shape index (κ1) is 27.6. The lowest BCUT2D eigenvalue weighted by Crippen LogP contribution is -2.42. The van der Waals surface area contributed by atoms with E-state index in [0.717, 1.165) is 22.7 Å². The van der Waals surface area contributed by atoms with Crippen molar-refractivity contribution in [2.24, 2.45) is 0 Å². The van der Waals surface area contributed by atoms with Gasteiger partial charge in [-0.3, -0.25) is 9.59 Å². The molecule has 1 atom stereocenters. The molecule has 0 saturated carbocycles. The number of furan rings is 1. The summed E-state index contributed by atoms with van der Waals surface area (Å²) in [5.41, 5.74) is 3.11. The number of carbonyl (C=O) groups is 3. The van der Waals surface area contributed by atoms with E-state index in [4.69, 9.17) is 16.0 Å². The zero-order valence-electron chi connectivity index (χ0n) is 22.2. The van der Waals surface area contributed by atoms with E-state index < -0.39 is 27.8 Å². The Hall–Kier alpha value is -4.61. The Bertz CT molecular complexity index is 2030. The Morgan fingerprint density at radius 1 is 1.10 bits per heavy atom. The number of carboxylic acids is 1. The molecule has 2 N–H and O–H groups in total. The van der Waals surface area contributed by atoms with E-state index in [1.54, 1.807) is 47.7 Å². The molecule has 3 heterocycles. The van der Waals surface area contributed by atoms with Crippen LogP contribution in [-0.2, 0) is 34.3 Å². The molecule has 0 fully saturated rings. The number of hydrogen-bond donors (Lipinski definition) is 2. The predicted molar refractivity (Wildman–Crippen MR) is 155 cm³/mol. The maximum Gasteiger partial charge on any atom is 0.326 e. The van der Waals surface area contributed by atoms with Crippen molar-refractivity contribution in [3.05, 3.63) is 100 Å². The van der Waals surface area contributed by atoms with Gasteiger partial charge in [0.25, 0.3) is 11.8 Å². The molecule has 1 aliphatic rings. The minimum absolute atomic E-state index is 0.0562. The third-order valence-corrected chi connectivity index (χ3v) is 8.76. The van der Waals surface area contributed by atoms with Crippen molar-refractivity contribution in [1.82, 2.24) is 14.8 Å². The number of benzene rings is 3. The van der Waals surface area contributed by atoms with Crippen LogP contribution in [0.5, 0.6) is 0 Å². The van der Waals surface area contributed by atoms with E-state index in [0.29, 0.717) is 22.1 Å². The summed E-state index contributed by atoms with van der Waals surface area (Å²) in [6.07, 6.45) is 4.25. The number of carbonyl (C=O) groups excluding carboxylic acids is 2. The maximum atomic E-state index is 13.4. The topological polar surface area (TPSA) is 139 Å². The lowest BCUT2D eigenvalue weighted by Gasteiger charge is -2.29. The highest BCUT2D eigenvalue weighted by Crippen LogP contribution is 2.35. The molecule has 0 bridgehead atoms. The highest BCUT2D eigenvalue weighted by molar-refractivity contribution is 7.90. The molecular weight excluding hydrogens is 582 g/mol. The maximum absolute atomic E-state index is 13.4. The highest BCUT2D eigenvalue weighted by atomic mass is 35.5. The molecule has 2 aromatic heterocycles. The number of hydrogen-bond acceptors (Lipinski definition) is 6. The number of fused-ring (bicyclic) bond motifs is 1. The normalized spacial score (nSPS) is 13.8. The van der Waals surface area contributed by atoms with Crippen LogP contribution in [-0.4, -0.2) is 53.1 Å². The first-order valence-corrected chi connectivity index (χ1v) is 15.2. The molecule has 3 aromatic carbocycles. The summed E-state index contributed by atoms with van der Waals surface area (Å²) in [6, 6.07) is 15.0. The second-order valence-corrected chi connectivity index (χ2v) is 12.7. The van der Waals surface area contributed by atoms with E-state index in [2.05, 4.69) is 5.32 Å². The number of aromatic nitrogens is 1. The van der Waals surface area contributed by atoms with Crippen molar-refractivity contribution >= 4 is 61.1 Å². The Kier molecular flexibility index (Phi) is 6.78. The molecule has 5 aromatic rings. The average molecular weight is 606 g/mol. The minimum atomic E-state index is -3.49. The van der Waals surface area contributed by atoms with Crippen molar-refractivity contribution in [1.29, 1.82) is 0 Å². The van der Waals surface area contributed by atoms with Gasteiger partial charge in [0.15, 0.2) is 9.84 Å². The zero-order chi connectivity index (χ0) is 29.8. The lowest BCUT2D eigenvalue weighted by atomic mass is 10.0. The molecular formula is C30H24ClN3O7S. The molecule has 1 aliphatic heterocycles. The van der Waals surface area contributed by atoms with Gasteiger partial charge in [-0.05, 0) is 53.6 Å². The lowest BCUT2D eigenvalue weighted by molar-refractivity contribution is -0.139.